The number of likely N-dealkylation sites (tertiary alicyclic amines) is 1. The molecule has 1 atom stereocenters. The van der Waals surface area contributed by atoms with Gasteiger partial charge in [0.1, 0.15) is 17.4 Å². The van der Waals surface area contributed by atoms with Crippen LogP contribution in [-0.4, -0.2) is 51.6 Å². The second-order valence-corrected chi connectivity index (χ2v) is 10.4. The number of benzene rings is 1. The van der Waals surface area contributed by atoms with Crippen molar-refractivity contribution < 1.29 is 19.1 Å². The molecule has 182 valence electrons. The summed E-state index contributed by atoms with van der Waals surface area (Å²) in [5.74, 6) is -0.247. The number of aromatic nitrogens is 2. The predicted octanol–water partition coefficient (Wildman–Crippen LogP) is 3.55. The van der Waals surface area contributed by atoms with Crippen LogP contribution in [0.25, 0.3) is 17.0 Å². The van der Waals surface area contributed by atoms with E-state index in [0.717, 1.165) is 28.6 Å². The number of nitrogens with zero attached hydrogens (tertiary/aromatic N) is 3. The van der Waals surface area contributed by atoms with E-state index in [0.29, 0.717) is 37.4 Å². The number of ether oxygens (including phenoxy) is 1. The lowest BCUT2D eigenvalue weighted by Gasteiger charge is -2.31. The van der Waals surface area contributed by atoms with Crippen LogP contribution in [-0.2, 0) is 21.4 Å². The van der Waals surface area contributed by atoms with Gasteiger partial charge in [-0.2, -0.15) is 5.10 Å². The molecule has 2 saturated heterocycles. The lowest BCUT2D eigenvalue weighted by molar-refractivity contribution is -0.134. The molecule has 8 nitrogen and oxygen atoms in total. The highest BCUT2D eigenvalue weighted by Crippen LogP contribution is 2.35. The van der Waals surface area contributed by atoms with Crippen LogP contribution in [0.4, 0.5) is 0 Å². The van der Waals surface area contributed by atoms with Gasteiger partial charge in [-0.1, -0.05) is 12.1 Å². The zero-order valence-electron chi connectivity index (χ0n) is 19.8. The third-order valence-electron chi connectivity index (χ3n) is 6.62. The Morgan fingerprint density at radius 1 is 1.17 bits per heavy atom. The lowest BCUT2D eigenvalue weighted by Crippen LogP contribution is -2.41. The number of thiophene rings is 1. The fraction of sp³-hybridized carbons (Fsp3) is 0.385. The van der Waals surface area contributed by atoms with Crippen molar-refractivity contribution in [2.24, 2.45) is 7.05 Å². The normalized spacial score (nSPS) is 19.5. The van der Waals surface area contributed by atoms with Crippen molar-refractivity contribution in [2.45, 2.75) is 44.6 Å². The monoisotopic (exact) mass is 492 g/mol. The van der Waals surface area contributed by atoms with Crippen molar-refractivity contribution in [3.05, 3.63) is 51.9 Å². The minimum atomic E-state index is -0.452. The Kier molecular flexibility index (Phi) is 6.42. The molecule has 0 saturated carbocycles. The maximum Gasteiger partial charge on any atom is 0.246 e. The maximum atomic E-state index is 12.6. The minimum Gasteiger partial charge on any atom is -0.488 e. The van der Waals surface area contributed by atoms with Crippen LogP contribution >= 0.6 is 11.3 Å². The molecule has 5 rings (SSSR count). The number of carbonyl (C=O) groups is 3. The Labute approximate surface area is 207 Å². The van der Waals surface area contributed by atoms with E-state index in [1.54, 1.807) is 22.1 Å². The number of hydrogen-bond donors (Lipinski definition) is 1. The molecule has 4 heterocycles. The molecule has 2 aliphatic heterocycles. The number of hydrogen-bond acceptors (Lipinski definition) is 6. The SMILES string of the molecule is Cc1ccc(/C=C/C(=O)N2CCC(Oc3cccc4c(C5CCC(=O)NC5=O)nn(C)c34)CC2)s1. The molecule has 0 radical (unpaired) electrons. The summed E-state index contributed by atoms with van der Waals surface area (Å²) in [5, 5.41) is 7.91. The molecule has 2 aliphatic rings. The summed E-state index contributed by atoms with van der Waals surface area (Å²) in [6.07, 6.45) is 5.77. The molecule has 2 fully saturated rings. The van der Waals surface area contributed by atoms with Crippen LogP contribution in [0.5, 0.6) is 5.75 Å². The Morgan fingerprint density at radius 2 is 1.97 bits per heavy atom. The first-order valence-electron chi connectivity index (χ1n) is 11.9. The first kappa shape index (κ1) is 23.3. The average molecular weight is 493 g/mol. The molecular weight excluding hydrogens is 464 g/mol. The highest BCUT2D eigenvalue weighted by atomic mass is 32.1. The molecule has 1 unspecified atom stereocenters. The van der Waals surface area contributed by atoms with E-state index in [4.69, 9.17) is 4.74 Å². The molecule has 0 bridgehead atoms. The molecule has 3 aromatic rings. The van der Waals surface area contributed by atoms with Gasteiger partial charge in [-0.15, -0.1) is 11.3 Å². The summed E-state index contributed by atoms with van der Waals surface area (Å²) in [7, 11) is 1.84. The van der Waals surface area contributed by atoms with Gasteiger partial charge in [0.15, 0.2) is 0 Å². The Hall–Kier alpha value is -3.46. The number of nitrogens with one attached hydrogen (secondary N) is 1. The molecule has 0 spiro atoms. The zero-order valence-corrected chi connectivity index (χ0v) is 20.6. The largest absolute Gasteiger partial charge is 0.488 e. The number of carbonyl (C=O) groups excluding carboxylic acids is 3. The van der Waals surface area contributed by atoms with E-state index < -0.39 is 5.92 Å². The molecule has 35 heavy (non-hydrogen) atoms. The standard InChI is InChI=1S/C26H28N4O4S/c1-16-6-7-18(35-16)8-11-23(32)30-14-12-17(13-15-30)34-21-5-3-4-19-24(28-29(2)25(19)21)20-9-10-22(31)27-26(20)33/h3-8,11,17,20H,9-10,12-15H2,1-2H3,(H,27,31,33)/b11-8+. The molecule has 9 heteroatoms. The van der Waals surface area contributed by atoms with Gasteiger partial charge in [0.25, 0.3) is 0 Å². The van der Waals surface area contributed by atoms with Gasteiger partial charge < -0.3 is 9.64 Å². The summed E-state index contributed by atoms with van der Waals surface area (Å²) < 4.78 is 8.13. The summed E-state index contributed by atoms with van der Waals surface area (Å²) in [5.41, 5.74) is 1.51. The number of imide groups is 1. The van der Waals surface area contributed by atoms with Crippen molar-refractivity contribution in [3.8, 4) is 5.75 Å². The van der Waals surface area contributed by atoms with Crippen LogP contribution in [0.3, 0.4) is 0 Å². The van der Waals surface area contributed by atoms with Gasteiger partial charge in [-0.25, -0.2) is 0 Å². The summed E-state index contributed by atoms with van der Waals surface area (Å²) >= 11 is 1.67. The van der Waals surface area contributed by atoms with E-state index in [1.165, 1.54) is 4.88 Å². The Bertz CT molecular complexity index is 1320. The molecule has 0 aliphatic carbocycles. The smallest absolute Gasteiger partial charge is 0.246 e. The van der Waals surface area contributed by atoms with Gasteiger partial charge in [-0.05, 0) is 37.6 Å². The topological polar surface area (TPSA) is 93.5 Å². The summed E-state index contributed by atoms with van der Waals surface area (Å²) in [4.78, 5) is 40.7. The fourth-order valence-corrected chi connectivity index (χ4v) is 5.59. The second kappa shape index (κ2) is 9.65. The van der Waals surface area contributed by atoms with E-state index in [-0.39, 0.29) is 23.8 Å². The number of amides is 3. The highest BCUT2D eigenvalue weighted by Gasteiger charge is 2.32. The first-order chi connectivity index (χ1) is 16.9. The zero-order chi connectivity index (χ0) is 24.5. The van der Waals surface area contributed by atoms with Crippen LogP contribution < -0.4 is 10.1 Å². The Morgan fingerprint density at radius 3 is 2.69 bits per heavy atom. The number of piperidine rings is 2. The summed E-state index contributed by atoms with van der Waals surface area (Å²) in [6, 6.07) is 9.84. The van der Waals surface area contributed by atoms with Crippen molar-refractivity contribution in [1.82, 2.24) is 20.0 Å². The van der Waals surface area contributed by atoms with Gasteiger partial charge in [0.05, 0.1) is 11.6 Å². The van der Waals surface area contributed by atoms with E-state index in [1.807, 2.05) is 48.4 Å². The number of rotatable bonds is 5. The third kappa shape index (κ3) is 4.86. The van der Waals surface area contributed by atoms with E-state index in [9.17, 15) is 14.4 Å². The summed E-state index contributed by atoms with van der Waals surface area (Å²) in [6.45, 7) is 3.33. The van der Waals surface area contributed by atoms with Crippen molar-refractivity contribution in [3.63, 3.8) is 0 Å². The van der Waals surface area contributed by atoms with Crippen molar-refractivity contribution >= 4 is 46.0 Å². The molecule has 1 N–H and O–H groups in total. The molecule has 2 aromatic heterocycles. The predicted molar refractivity (Wildman–Crippen MR) is 134 cm³/mol. The number of aryl methyl sites for hydroxylation is 2. The lowest BCUT2D eigenvalue weighted by atomic mass is 9.93. The minimum absolute atomic E-state index is 0.0116. The highest BCUT2D eigenvalue weighted by molar-refractivity contribution is 7.12. The van der Waals surface area contributed by atoms with E-state index >= 15 is 0 Å². The van der Waals surface area contributed by atoms with Crippen LogP contribution in [0.1, 0.15) is 47.0 Å². The average Bonchev–Trinajstić information content (AvgIpc) is 3.41. The van der Waals surface area contributed by atoms with Gasteiger partial charge in [0, 0.05) is 60.6 Å². The van der Waals surface area contributed by atoms with Gasteiger partial charge in [0.2, 0.25) is 17.7 Å². The van der Waals surface area contributed by atoms with Crippen LogP contribution in [0.15, 0.2) is 36.4 Å². The number of para-hydroxylation sites is 1. The quantitative estimate of drug-likeness (QED) is 0.434. The van der Waals surface area contributed by atoms with Gasteiger partial charge >= 0.3 is 0 Å². The molecule has 3 amide bonds. The maximum absolute atomic E-state index is 12.6. The Balaban J connectivity index is 1.25. The van der Waals surface area contributed by atoms with E-state index in [2.05, 4.69) is 17.3 Å². The fourth-order valence-electron chi connectivity index (χ4n) is 4.81. The molecule has 1 aromatic carbocycles. The van der Waals surface area contributed by atoms with Crippen molar-refractivity contribution in [2.75, 3.05) is 13.1 Å². The molecular formula is C26H28N4O4S. The van der Waals surface area contributed by atoms with Gasteiger partial charge in [-0.3, -0.25) is 24.4 Å². The number of fused-ring (bicyclic) bond motifs is 1. The van der Waals surface area contributed by atoms with Crippen molar-refractivity contribution in [1.29, 1.82) is 0 Å². The second-order valence-electron chi connectivity index (χ2n) is 9.09. The third-order valence-corrected chi connectivity index (χ3v) is 7.59. The van der Waals surface area contributed by atoms with Crippen LogP contribution in [0.2, 0.25) is 0 Å². The first-order valence-corrected chi connectivity index (χ1v) is 12.7. The van der Waals surface area contributed by atoms with Crippen LogP contribution in [0, 0.1) is 6.92 Å².